The van der Waals surface area contributed by atoms with Crippen molar-refractivity contribution in [1.29, 1.82) is 0 Å². The number of fused-ring (bicyclic) bond motifs is 1. The summed E-state index contributed by atoms with van der Waals surface area (Å²) in [6, 6.07) is 8.20. The number of para-hydroxylation sites is 2. The van der Waals surface area contributed by atoms with Gasteiger partial charge in [-0.05, 0) is 70.4 Å². The van der Waals surface area contributed by atoms with E-state index in [-0.39, 0.29) is 6.10 Å². The molecule has 1 atom stereocenters. The summed E-state index contributed by atoms with van der Waals surface area (Å²) in [7, 11) is 0. The van der Waals surface area contributed by atoms with Gasteiger partial charge in [-0.1, -0.05) is 50.3 Å². The van der Waals surface area contributed by atoms with E-state index in [1.807, 2.05) is 64.1 Å². The summed E-state index contributed by atoms with van der Waals surface area (Å²) in [5.41, 5.74) is 2.35. The maximum Gasteiger partial charge on any atom is 0.151 e. The van der Waals surface area contributed by atoms with Crippen molar-refractivity contribution in [3.05, 3.63) is 84.0 Å². The number of ether oxygens (including phenoxy) is 3. The van der Waals surface area contributed by atoms with Gasteiger partial charge in [-0.25, -0.2) is 0 Å². The van der Waals surface area contributed by atoms with Gasteiger partial charge in [-0.2, -0.15) is 0 Å². The molecule has 0 saturated carbocycles. The van der Waals surface area contributed by atoms with Crippen LogP contribution in [-0.4, -0.2) is 25.9 Å². The van der Waals surface area contributed by atoms with Gasteiger partial charge >= 0.3 is 0 Å². The summed E-state index contributed by atoms with van der Waals surface area (Å²) in [5.74, 6) is 2.71. The van der Waals surface area contributed by atoms with Crippen molar-refractivity contribution in [2.45, 2.75) is 60.0 Å². The lowest BCUT2D eigenvalue weighted by Crippen LogP contribution is -2.32. The largest absolute Gasteiger partial charge is 0.492 e. The highest BCUT2D eigenvalue weighted by molar-refractivity contribution is 5.66. The minimum Gasteiger partial charge on any atom is -0.492 e. The average Bonchev–Trinajstić information content (AvgIpc) is 2.82. The van der Waals surface area contributed by atoms with E-state index in [4.69, 9.17) is 14.2 Å². The number of anilines is 1. The Bertz CT molecular complexity index is 848. The predicted octanol–water partition coefficient (Wildman–Crippen LogP) is 7.32. The molecule has 1 unspecified atom stereocenters. The van der Waals surface area contributed by atoms with Crippen molar-refractivity contribution >= 4 is 5.69 Å². The number of hydrogen-bond acceptors (Lipinski definition) is 4. The fraction of sp³-hybridized carbons (Fsp3) is 0.429. The first-order valence-electron chi connectivity index (χ1n) is 11.9. The molecule has 4 nitrogen and oxygen atoms in total. The first-order chi connectivity index (χ1) is 15.7. The first-order valence-corrected chi connectivity index (χ1v) is 11.9. The molecule has 1 aromatic rings. The summed E-state index contributed by atoms with van der Waals surface area (Å²) < 4.78 is 17.8. The second-order valence-corrected chi connectivity index (χ2v) is 7.32. The maximum absolute atomic E-state index is 6.10. The van der Waals surface area contributed by atoms with Gasteiger partial charge in [-0.3, -0.25) is 0 Å². The average molecular weight is 438 g/mol. The lowest BCUT2D eigenvalue weighted by Gasteiger charge is -2.35. The summed E-state index contributed by atoms with van der Waals surface area (Å²) in [4.78, 5) is 2.34. The van der Waals surface area contributed by atoms with Gasteiger partial charge in [0.2, 0.25) is 0 Å². The molecule has 0 radical (unpaired) electrons. The standard InChI is InChI=1S/C26H33NO3.C2H6/c1-4-12-22(14-7-6-13-21(3)28-5-2)29-20-19-27-23-15-8-10-17-25(23)30-26-18-11-9-16-24(26)27;1-2/h4,6-8,10-12,14-15,17-18,21H,5,9,13,16,19-20H2,1-3H3;1-2H3/b7-6?,12-4-,22-14+;. The van der Waals surface area contributed by atoms with Crippen LogP contribution in [-0.2, 0) is 9.47 Å². The van der Waals surface area contributed by atoms with E-state index < -0.39 is 0 Å². The van der Waals surface area contributed by atoms with Gasteiger partial charge < -0.3 is 19.1 Å². The molecule has 0 fully saturated rings. The van der Waals surface area contributed by atoms with Crippen molar-refractivity contribution in [2.75, 3.05) is 24.7 Å². The fourth-order valence-corrected chi connectivity index (χ4v) is 3.63. The van der Waals surface area contributed by atoms with E-state index in [0.29, 0.717) is 6.61 Å². The van der Waals surface area contributed by atoms with Gasteiger partial charge in [0.05, 0.1) is 24.0 Å². The second kappa shape index (κ2) is 14.4. The molecule has 0 aromatic heterocycles. The Morgan fingerprint density at radius 1 is 1.25 bits per heavy atom. The topological polar surface area (TPSA) is 30.9 Å². The lowest BCUT2D eigenvalue weighted by molar-refractivity contribution is 0.0787. The molecule has 174 valence electrons. The highest BCUT2D eigenvalue weighted by Gasteiger charge is 2.26. The molecule has 4 heteroatoms. The minimum absolute atomic E-state index is 0.235. The Hall–Kier alpha value is -2.72. The van der Waals surface area contributed by atoms with Gasteiger partial charge in [0, 0.05) is 6.61 Å². The van der Waals surface area contributed by atoms with Crippen LogP contribution < -0.4 is 9.64 Å². The monoisotopic (exact) mass is 437 g/mol. The van der Waals surface area contributed by atoms with E-state index in [2.05, 4.69) is 42.2 Å². The van der Waals surface area contributed by atoms with Crippen LogP contribution in [0.4, 0.5) is 5.69 Å². The molecule has 0 bridgehead atoms. The highest BCUT2D eigenvalue weighted by atomic mass is 16.5. The Balaban J connectivity index is 0.00000176. The maximum atomic E-state index is 6.10. The Labute approximate surface area is 194 Å². The minimum atomic E-state index is 0.235. The van der Waals surface area contributed by atoms with Crippen LogP contribution in [0.25, 0.3) is 0 Å². The van der Waals surface area contributed by atoms with Crippen LogP contribution in [0.15, 0.2) is 84.0 Å². The molecule has 0 N–H and O–H groups in total. The van der Waals surface area contributed by atoms with Crippen molar-refractivity contribution < 1.29 is 14.2 Å². The molecule has 2 aliphatic rings. The smallest absolute Gasteiger partial charge is 0.151 e. The summed E-state index contributed by atoms with van der Waals surface area (Å²) in [6.07, 6.45) is 17.6. The first kappa shape index (κ1) is 25.5. The van der Waals surface area contributed by atoms with Gasteiger partial charge in [0.1, 0.15) is 18.1 Å². The highest BCUT2D eigenvalue weighted by Crippen LogP contribution is 2.40. The second-order valence-electron chi connectivity index (χ2n) is 7.32. The predicted molar refractivity (Wildman–Crippen MR) is 135 cm³/mol. The van der Waals surface area contributed by atoms with Crippen LogP contribution in [0.1, 0.15) is 53.9 Å². The van der Waals surface area contributed by atoms with Crippen LogP contribution in [0.2, 0.25) is 0 Å². The molecule has 0 saturated heterocycles. The lowest BCUT2D eigenvalue weighted by atomic mass is 10.1. The van der Waals surface area contributed by atoms with Crippen molar-refractivity contribution in [3.63, 3.8) is 0 Å². The van der Waals surface area contributed by atoms with Gasteiger partial charge in [-0.15, -0.1) is 0 Å². The normalized spacial score (nSPS) is 16.4. The number of nitrogens with zero attached hydrogens (tertiary/aromatic N) is 1. The van der Waals surface area contributed by atoms with Crippen molar-refractivity contribution in [3.8, 4) is 5.75 Å². The SMILES string of the molecule is C/C=C\C(=C/C=CCC(C)OCC)OCCN1C2=C(C=CCC2)Oc2ccccc21.CC. The zero-order valence-corrected chi connectivity index (χ0v) is 20.3. The molecule has 1 aliphatic heterocycles. The molecular formula is C28H39NO3. The molecule has 1 aromatic carbocycles. The van der Waals surface area contributed by atoms with Crippen molar-refractivity contribution in [2.24, 2.45) is 0 Å². The molecule has 1 aliphatic carbocycles. The van der Waals surface area contributed by atoms with E-state index in [9.17, 15) is 0 Å². The quantitative estimate of drug-likeness (QED) is 0.283. The number of hydrogen-bond donors (Lipinski definition) is 0. The summed E-state index contributed by atoms with van der Waals surface area (Å²) in [6.45, 7) is 12.2. The third-order valence-corrected chi connectivity index (χ3v) is 5.03. The molecule has 0 amide bonds. The fourth-order valence-electron chi connectivity index (χ4n) is 3.63. The van der Waals surface area contributed by atoms with Gasteiger partial charge in [0.25, 0.3) is 0 Å². The number of rotatable bonds is 10. The molecule has 32 heavy (non-hydrogen) atoms. The number of allylic oxidation sites excluding steroid dienone is 7. The molecule has 3 rings (SSSR count). The molecule has 1 heterocycles. The van der Waals surface area contributed by atoms with Crippen LogP contribution in [0.3, 0.4) is 0 Å². The molecule has 0 spiro atoms. The Morgan fingerprint density at radius 3 is 2.84 bits per heavy atom. The van der Waals surface area contributed by atoms with Crippen molar-refractivity contribution in [1.82, 2.24) is 0 Å². The zero-order chi connectivity index (χ0) is 23.2. The van der Waals surface area contributed by atoms with Crippen LogP contribution >= 0.6 is 0 Å². The Kier molecular flexibility index (Phi) is 11.5. The Morgan fingerprint density at radius 2 is 2.06 bits per heavy atom. The van der Waals surface area contributed by atoms with E-state index in [1.54, 1.807) is 0 Å². The molecular weight excluding hydrogens is 398 g/mol. The van der Waals surface area contributed by atoms with Crippen LogP contribution in [0.5, 0.6) is 5.75 Å². The van der Waals surface area contributed by atoms with E-state index in [0.717, 1.165) is 55.4 Å². The third kappa shape index (κ3) is 7.45. The third-order valence-electron chi connectivity index (χ3n) is 5.03. The van der Waals surface area contributed by atoms with E-state index >= 15 is 0 Å². The summed E-state index contributed by atoms with van der Waals surface area (Å²) >= 11 is 0. The number of benzene rings is 1. The van der Waals surface area contributed by atoms with Crippen LogP contribution in [0, 0.1) is 0 Å². The van der Waals surface area contributed by atoms with E-state index in [1.165, 1.54) is 5.70 Å². The van der Waals surface area contributed by atoms with Gasteiger partial charge in [0.15, 0.2) is 5.75 Å². The summed E-state index contributed by atoms with van der Waals surface area (Å²) in [5, 5.41) is 0. The zero-order valence-electron chi connectivity index (χ0n) is 20.3.